The van der Waals surface area contributed by atoms with Crippen LogP contribution < -0.4 is 0 Å². The van der Waals surface area contributed by atoms with Gasteiger partial charge in [-0.2, -0.15) is 0 Å². The molecule has 0 heterocycles. The van der Waals surface area contributed by atoms with Crippen LogP contribution >= 0.6 is 0 Å². The monoisotopic (exact) mass is 180 g/mol. The standard InChI is InChI=1S/C11H16O2/c12-10(13)8-11-6-2-1-4-9(11)5-3-7-11/h1-2,9H,3-8H2,(H,12,13). The van der Waals surface area contributed by atoms with E-state index < -0.39 is 5.97 Å². The second-order valence-electron chi connectivity index (χ2n) is 4.43. The van der Waals surface area contributed by atoms with Crippen molar-refractivity contribution in [2.45, 2.75) is 38.5 Å². The molecule has 72 valence electrons. The summed E-state index contributed by atoms with van der Waals surface area (Å²) in [5.41, 5.74) is 0.126. The van der Waals surface area contributed by atoms with E-state index in [0.29, 0.717) is 12.3 Å². The molecule has 2 unspecified atom stereocenters. The van der Waals surface area contributed by atoms with Crippen molar-refractivity contribution in [3.63, 3.8) is 0 Å². The molecule has 0 spiro atoms. The largest absolute Gasteiger partial charge is 0.481 e. The molecule has 13 heavy (non-hydrogen) atoms. The average Bonchev–Trinajstić information content (AvgIpc) is 2.45. The zero-order valence-electron chi connectivity index (χ0n) is 7.83. The number of hydrogen-bond donors (Lipinski definition) is 1. The van der Waals surface area contributed by atoms with Gasteiger partial charge >= 0.3 is 5.97 Å². The molecule has 2 heteroatoms. The van der Waals surface area contributed by atoms with E-state index in [4.69, 9.17) is 5.11 Å². The smallest absolute Gasteiger partial charge is 0.303 e. The quantitative estimate of drug-likeness (QED) is 0.663. The fourth-order valence-electron chi connectivity index (χ4n) is 3.03. The number of carboxylic acids is 1. The van der Waals surface area contributed by atoms with Crippen LogP contribution in [0.4, 0.5) is 0 Å². The van der Waals surface area contributed by atoms with Crippen molar-refractivity contribution in [3.05, 3.63) is 12.2 Å². The van der Waals surface area contributed by atoms with Gasteiger partial charge < -0.3 is 5.11 Å². The summed E-state index contributed by atoms with van der Waals surface area (Å²) in [4.78, 5) is 10.8. The number of fused-ring (bicyclic) bond motifs is 1. The first kappa shape index (κ1) is 8.79. The second kappa shape index (κ2) is 3.17. The Morgan fingerprint density at radius 3 is 3.15 bits per heavy atom. The van der Waals surface area contributed by atoms with E-state index in [-0.39, 0.29) is 5.41 Å². The molecule has 0 amide bonds. The van der Waals surface area contributed by atoms with Gasteiger partial charge in [-0.05, 0) is 37.0 Å². The van der Waals surface area contributed by atoms with Crippen LogP contribution in [0.5, 0.6) is 0 Å². The van der Waals surface area contributed by atoms with Gasteiger partial charge in [0.1, 0.15) is 0 Å². The lowest BCUT2D eigenvalue weighted by molar-refractivity contribution is -0.140. The Hall–Kier alpha value is -0.790. The van der Waals surface area contributed by atoms with Crippen molar-refractivity contribution < 1.29 is 9.90 Å². The fourth-order valence-corrected chi connectivity index (χ4v) is 3.03. The molecule has 0 aromatic heterocycles. The lowest BCUT2D eigenvalue weighted by atomic mass is 9.69. The van der Waals surface area contributed by atoms with Crippen molar-refractivity contribution in [1.82, 2.24) is 0 Å². The van der Waals surface area contributed by atoms with Crippen molar-refractivity contribution in [2.24, 2.45) is 11.3 Å². The molecular weight excluding hydrogens is 164 g/mol. The molecule has 1 fully saturated rings. The third-order valence-corrected chi connectivity index (χ3v) is 3.71. The highest BCUT2D eigenvalue weighted by Gasteiger charge is 2.43. The summed E-state index contributed by atoms with van der Waals surface area (Å²) < 4.78 is 0. The first-order valence-corrected chi connectivity index (χ1v) is 5.10. The van der Waals surface area contributed by atoms with E-state index in [1.165, 1.54) is 12.8 Å². The maximum absolute atomic E-state index is 10.8. The van der Waals surface area contributed by atoms with Gasteiger partial charge in [0.05, 0.1) is 6.42 Å². The molecule has 1 N–H and O–H groups in total. The Morgan fingerprint density at radius 2 is 2.38 bits per heavy atom. The van der Waals surface area contributed by atoms with Crippen LogP contribution in [0.25, 0.3) is 0 Å². The molecular formula is C11H16O2. The number of allylic oxidation sites excluding steroid dienone is 2. The molecule has 1 saturated carbocycles. The molecule has 2 nitrogen and oxygen atoms in total. The summed E-state index contributed by atoms with van der Waals surface area (Å²) in [6, 6.07) is 0. The third kappa shape index (κ3) is 1.50. The Labute approximate surface area is 78.6 Å². The number of rotatable bonds is 2. The number of hydrogen-bond acceptors (Lipinski definition) is 1. The second-order valence-corrected chi connectivity index (χ2v) is 4.43. The van der Waals surface area contributed by atoms with E-state index in [9.17, 15) is 4.79 Å². The Bertz CT molecular complexity index is 244. The average molecular weight is 180 g/mol. The summed E-state index contributed by atoms with van der Waals surface area (Å²) in [6.45, 7) is 0. The van der Waals surface area contributed by atoms with Gasteiger partial charge in [0, 0.05) is 0 Å². The Balaban J connectivity index is 2.16. The van der Waals surface area contributed by atoms with Crippen molar-refractivity contribution in [1.29, 1.82) is 0 Å². The molecule has 0 saturated heterocycles. The van der Waals surface area contributed by atoms with Crippen molar-refractivity contribution >= 4 is 5.97 Å². The van der Waals surface area contributed by atoms with E-state index in [0.717, 1.165) is 19.3 Å². The van der Waals surface area contributed by atoms with Gasteiger partial charge in [0.25, 0.3) is 0 Å². The number of aliphatic carboxylic acids is 1. The zero-order chi connectivity index (χ0) is 9.31. The maximum atomic E-state index is 10.8. The molecule has 0 aromatic rings. The minimum Gasteiger partial charge on any atom is -0.481 e. The topological polar surface area (TPSA) is 37.3 Å². The molecule has 2 rings (SSSR count). The van der Waals surface area contributed by atoms with Crippen LogP contribution in [0, 0.1) is 11.3 Å². The lowest BCUT2D eigenvalue weighted by Gasteiger charge is -2.35. The van der Waals surface area contributed by atoms with Gasteiger partial charge in [-0.3, -0.25) is 4.79 Å². The summed E-state index contributed by atoms with van der Waals surface area (Å²) in [7, 11) is 0. The van der Waals surface area contributed by atoms with Crippen LogP contribution in [-0.2, 0) is 4.79 Å². The highest BCUT2D eigenvalue weighted by Crippen LogP contribution is 2.52. The molecule has 0 aromatic carbocycles. The fraction of sp³-hybridized carbons (Fsp3) is 0.727. The van der Waals surface area contributed by atoms with E-state index >= 15 is 0 Å². The van der Waals surface area contributed by atoms with Crippen LogP contribution in [0.2, 0.25) is 0 Å². The molecule has 0 aliphatic heterocycles. The van der Waals surface area contributed by atoms with E-state index in [1.807, 2.05) is 0 Å². The first-order valence-electron chi connectivity index (χ1n) is 5.10. The van der Waals surface area contributed by atoms with Gasteiger partial charge in [-0.25, -0.2) is 0 Å². The molecule has 2 atom stereocenters. The number of carbonyl (C=O) groups is 1. The predicted octanol–water partition coefficient (Wildman–Crippen LogP) is 2.60. The van der Waals surface area contributed by atoms with Crippen LogP contribution in [0.3, 0.4) is 0 Å². The van der Waals surface area contributed by atoms with Gasteiger partial charge in [-0.1, -0.05) is 18.6 Å². The highest BCUT2D eigenvalue weighted by atomic mass is 16.4. The van der Waals surface area contributed by atoms with Crippen LogP contribution in [-0.4, -0.2) is 11.1 Å². The Morgan fingerprint density at radius 1 is 1.54 bits per heavy atom. The minimum absolute atomic E-state index is 0.126. The van der Waals surface area contributed by atoms with Gasteiger partial charge in [0.2, 0.25) is 0 Å². The predicted molar refractivity (Wildman–Crippen MR) is 50.4 cm³/mol. The molecule has 0 bridgehead atoms. The minimum atomic E-state index is -0.623. The Kier molecular flexibility index (Phi) is 2.14. The van der Waals surface area contributed by atoms with Crippen molar-refractivity contribution in [2.75, 3.05) is 0 Å². The summed E-state index contributed by atoms with van der Waals surface area (Å²) in [5, 5.41) is 8.88. The first-order chi connectivity index (χ1) is 6.23. The van der Waals surface area contributed by atoms with Gasteiger partial charge in [0.15, 0.2) is 0 Å². The normalized spacial score (nSPS) is 37.4. The highest BCUT2D eigenvalue weighted by molar-refractivity contribution is 5.68. The zero-order valence-corrected chi connectivity index (χ0v) is 7.83. The third-order valence-electron chi connectivity index (χ3n) is 3.71. The van der Waals surface area contributed by atoms with Crippen molar-refractivity contribution in [3.8, 4) is 0 Å². The molecule has 0 radical (unpaired) electrons. The SMILES string of the molecule is O=C(O)CC12CC=CCC1CCC2. The summed E-state index contributed by atoms with van der Waals surface area (Å²) >= 11 is 0. The molecule has 2 aliphatic carbocycles. The summed E-state index contributed by atoms with van der Waals surface area (Å²) in [5.74, 6) is 0.0239. The summed E-state index contributed by atoms with van der Waals surface area (Å²) in [6.07, 6.45) is 10.4. The van der Waals surface area contributed by atoms with Gasteiger partial charge in [-0.15, -0.1) is 0 Å². The van der Waals surface area contributed by atoms with Crippen LogP contribution in [0.15, 0.2) is 12.2 Å². The maximum Gasteiger partial charge on any atom is 0.303 e. The van der Waals surface area contributed by atoms with E-state index in [1.54, 1.807) is 0 Å². The van der Waals surface area contributed by atoms with E-state index in [2.05, 4.69) is 12.2 Å². The van der Waals surface area contributed by atoms with Crippen LogP contribution in [0.1, 0.15) is 38.5 Å². The molecule has 2 aliphatic rings. The number of carboxylic acid groups (broad SMARTS) is 1. The lowest BCUT2D eigenvalue weighted by Crippen LogP contribution is -2.29.